The number of quaternary nitrogens is 1. The van der Waals surface area contributed by atoms with Crippen LogP contribution >= 0.6 is 0 Å². The lowest BCUT2D eigenvalue weighted by molar-refractivity contribution is -0.943. The van der Waals surface area contributed by atoms with Gasteiger partial charge in [0.25, 0.3) is 6.09 Å². The van der Waals surface area contributed by atoms with E-state index in [1.165, 1.54) is 12.1 Å². The number of benzene rings is 2. The molecule has 2 aromatic rings. The maximum atomic E-state index is 13.2. The van der Waals surface area contributed by atoms with Crippen LogP contribution in [0.3, 0.4) is 0 Å². The van der Waals surface area contributed by atoms with Gasteiger partial charge in [-0.05, 0) is 82.5 Å². The van der Waals surface area contributed by atoms with Crippen LogP contribution in [0.2, 0.25) is 0 Å². The monoisotopic (exact) mass is 524 g/mol. The van der Waals surface area contributed by atoms with Gasteiger partial charge in [-0.3, -0.25) is 14.2 Å². The van der Waals surface area contributed by atoms with Crippen LogP contribution in [-0.2, 0) is 11.3 Å². The zero-order valence-corrected chi connectivity index (χ0v) is 23.3. The lowest BCUT2D eigenvalue weighted by atomic mass is 9.94. The molecule has 0 N–H and O–H groups in total. The molecule has 0 bridgehead atoms. The minimum absolute atomic E-state index is 0.0296. The Morgan fingerprint density at radius 1 is 1.03 bits per heavy atom. The molecular formula is C30H41FN4O3. The van der Waals surface area contributed by atoms with E-state index < -0.39 is 11.6 Å². The second-order valence-corrected chi connectivity index (χ2v) is 11.9. The molecule has 2 amide bonds. The number of piperazine rings is 1. The molecule has 8 heteroatoms. The molecule has 2 aliphatic heterocycles. The summed E-state index contributed by atoms with van der Waals surface area (Å²) in [5, 5.41) is 12.2. The van der Waals surface area contributed by atoms with Gasteiger partial charge in [0.1, 0.15) is 11.9 Å². The van der Waals surface area contributed by atoms with Gasteiger partial charge in [0.05, 0.1) is 18.6 Å². The molecule has 2 fully saturated rings. The number of rotatable bonds is 5. The third kappa shape index (κ3) is 5.57. The summed E-state index contributed by atoms with van der Waals surface area (Å²) >= 11 is 0. The SMILES string of the molecule is C[C@H]1CN(Cc2ccc(N(C)C(=O)C3CCN(c4ccc(F)cc4)CC3)cc2)CC[N+]1(C(=O)[O-])C(C)(C)C. The van der Waals surface area contributed by atoms with Crippen molar-refractivity contribution in [3.63, 3.8) is 0 Å². The molecule has 2 aliphatic rings. The molecule has 2 heterocycles. The van der Waals surface area contributed by atoms with Gasteiger partial charge in [-0.2, -0.15) is 0 Å². The number of carbonyl (C=O) groups excluding carboxylic acids is 2. The van der Waals surface area contributed by atoms with Crippen molar-refractivity contribution in [3.8, 4) is 0 Å². The number of hydrogen-bond acceptors (Lipinski definition) is 5. The number of hydrogen-bond donors (Lipinski definition) is 0. The molecule has 38 heavy (non-hydrogen) atoms. The molecule has 206 valence electrons. The van der Waals surface area contributed by atoms with Crippen molar-refractivity contribution in [1.82, 2.24) is 4.90 Å². The van der Waals surface area contributed by atoms with Gasteiger partial charge < -0.3 is 19.7 Å². The molecule has 2 saturated heterocycles. The van der Waals surface area contributed by atoms with E-state index in [0.29, 0.717) is 19.6 Å². The summed E-state index contributed by atoms with van der Waals surface area (Å²) in [4.78, 5) is 31.6. The van der Waals surface area contributed by atoms with Crippen LogP contribution in [0.1, 0.15) is 46.1 Å². The van der Waals surface area contributed by atoms with Crippen LogP contribution < -0.4 is 14.9 Å². The first-order valence-electron chi connectivity index (χ1n) is 13.6. The molecule has 0 aliphatic carbocycles. The zero-order valence-electron chi connectivity index (χ0n) is 23.3. The van der Waals surface area contributed by atoms with Gasteiger partial charge in [0, 0.05) is 50.5 Å². The topological polar surface area (TPSA) is 66.9 Å². The number of anilines is 2. The summed E-state index contributed by atoms with van der Waals surface area (Å²) in [5.74, 6) is -0.148. The number of nitrogens with zero attached hydrogens (tertiary/aromatic N) is 4. The van der Waals surface area contributed by atoms with Gasteiger partial charge in [-0.1, -0.05) is 12.1 Å². The van der Waals surface area contributed by atoms with Crippen molar-refractivity contribution in [1.29, 1.82) is 0 Å². The summed E-state index contributed by atoms with van der Waals surface area (Å²) in [5.41, 5.74) is 2.57. The molecule has 0 spiro atoms. The normalized spacial score (nSPS) is 23.3. The molecule has 0 radical (unpaired) electrons. The number of halogens is 1. The number of amides is 2. The van der Waals surface area contributed by atoms with Gasteiger partial charge in [0.2, 0.25) is 5.91 Å². The van der Waals surface area contributed by atoms with Crippen LogP contribution in [-0.4, -0.2) is 72.7 Å². The first-order valence-corrected chi connectivity index (χ1v) is 13.6. The second-order valence-electron chi connectivity index (χ2n) is 11.9. The Balaban J connectivity index is 1.31. The molecule has 2 atom stereocenters. The predicted molar refractivity (Wildman–Crippen MR) is 146 cm³/mol. The minimum atomic E-state index is -0.997. The van der Waals surface area contributed by atoms with E-state index in [0.717, 1.165) is 49.4 Å². The highest BCUT2D eigenvalue weighted by Crippen LogP contribution is 2.32. The summed E-state index contributed by atoms with van der Waals surface area (Å²) in [6, 6.07) is 14.5. The van der Waals surface area contributed by atoms with Crippen molar-refractivity contribution in [2.75, 3.05) is 49.6 Å². The number of piperidine rings is 1. The minimum Gasteiger partial charge on any atom is -0.498 e. The molecule has 0 aromatic heterocycles. The van der Waals surface area contributed by atoms with E-state index in [2.05, 4.69) is 21.9 Å². The summed E-state index contributed by atoms with van der Waals surface area (Å²) < 4.78 is 13.2. The van der Waals surface area contributed by atoms with E-state index >= 15 is 0 Å². The lowest BCUT2D eigenvalue weighted by Crippen LogP contribution is -2.76. The number of carboxylic acid groups (broad SMARTS) is 1. The van der Waals surface area contributed by atoms with Crippen LogP contribution in [0.5, 0.6) is 0 Å². The predicted octanol–water partition coefficient (Wildman–Crippen LogP) is 3.87. The fourth-order valence-corrected chi connectivity index (χ4v) is 6.33. The quantitative estimate of drug-likeness (QED) is 0.556. The maximum Gasteiger partial charge on any atom is 0.258 e. The molecule has 4 rings (SSSR count). The standard InChI is InChI=1S/C30H41FN4O3/c1-22-20-33(18-19-35(22,29(37)38)30(2,3)4)21-23-6-10-26(11-7-23)32(5)28(36)24-14-16-34(17-15-24)27-12-8-25(31)9-13-27/h6-13,22,24H,14-21H2,1-5H3/t22-,35?/m0/s1. The van der Waals surface area contributed by atoms with Crippen molar-refractivity contribution < 1.29 is 23.6 Å². The summed E-state index contributed by atoms with van der Waals surface area (Å²) in [6.07, 6.45) is 0.543. The van der Waals surface area contributed by atoms with Gasteiger partial charge in [0.15, 0.2) is 0 Å². The van der Waals surface area contributed by atoms with Gasteiger partial charge in [-0.15, -0.1) is 0 Å². The Hall–Kier alpha value is -2.97. The smallest absolute Gasteiger partial charge is 0.258 e. The molecule has 0 saturated carbocycles. The van der Waals surface area contributed by atoms with Crippen LogP contribution in [0.25, 0.3) is 0 Å². The summed E-state index contributed by atoms with van der Waals surface area (Å²) in [7, 11) is 1.83. The van der Waals surface area contributed by atoms with Crippen molar-refractivity contribution in [2.24, 2.45) is 5.92 Å². The average molecular weight is 525 g/mol. The molecule has 2 aromatic carbocycles. The lowest BCUT2D eigenvalue weighted by Gasteiger charge is -2.55. The highest BCUT2D eigenvalue weighted by Gasteiger charge is 2.49. The van der Waals surface area contributed by atoms with Gasteiger partial charge >= 0.3 is 0 Å². The zero-order chi connectivity index (χ0) is 27.7. The van der Waals surface area contributed by atoms with Crippen LogP contribution in [0.15, 0.2) is 48.5 Å². The van der Waals surface area contributed by atoms with Crippen molar-refractivity contribution in [2.45, 2.75) is 58.7 Å². The number of carbonyl (C=O) groups is 2. The molecule has 7 nitrogen and oxygen atoms in total. The third-order valence-corrected chi connectivity index (χ3v) is 8.66. The fraction of sp³-hybridized carbons (Fsp3) is 0.533. The van der Waals surface area contributed by atoms with E-state index in [9.17, 15) is 19.1 Å². The van der Waals surface area contributed by atoms with Gasteiger partial charge in [-0.25, -0.2) is 4.39 Å². The first-order chi connectivity index (χ1) is 17.9. The van der Waals surface area contributed by atoms with E-state index in [-0.39, 0.29) is 28.2 Å². The Morgan fingerprint density at radius 3 is 2.16 bits per heavy atom. The van der Waals surface area contributed by atoms with Crippen molar-refractivity contribution in [3.05, 3.63) is 59.9 Å². The Bertz CT molecular complexity index is 1120. The van der Waals surface area contributed by atoms with E-state index in [1.807, 2.05) is 46.9 Å². The third-order valence-electron chi connectivity index (χ3n) is 8.66. The average Bonchev–Trinajstić information content (AvgIpc) is 2.88. The Kier molecular flexibility index (Phi) is 8.14. The second kappa shape index (κ2) is 11.0. The highest BCUT2D eigenvalue weighted by molar-refractivity contribution is 5.94. The largest absolute Gasteiger partial charge is 0.498 e. The maximum absolute atomic E-state index is 13.2. The van der Waals surface area contributed by atoms with Crippen LogP contribution in [0, 0.1) is 11.7 Å². The van der Waals surface area contributed by atoms with E-state index in [4.69, 9.17) is 0 Å². The fourth-order valence-electron chi connectivity index (χ4n) is 6.33. The van der Waals surface area contributed by atoms with Crippen LogP contribution in [0.4, 0.5) is 20.6 Å². The Labute approximate surface area is 226 Å². The summed E-state index contributed by atoms with van der Waals surface area (Å²) in [6.45, 7) is 12.1. The molecular weight excluding hydrogens is 483 g/mol. The van der Waals surface area contributed by atoms with E-state index in [1.54, 1.807) is 17.0 Å². The van der Waals surface area contributed by atoms with Crippen molar-refractivity contribution >= 4 is 23.4 Å². The highest BCUT2D eigenvalue weighted by atomic mass is 19.1. The molecule has 1 unspecified atom stereocenters. The Morgan fingerprint density at radius 2 is 1.63 bits per heavy atom. The first kappa shape index (κ1) is 28.0.